The molecule has 0 amide bonds. The number of anilines is 1. The van der Waals surface area contributed by atoms with E-state index in [-0.39, 0.29) is 22.7 Å². The zero-order chi connectivity index (χ0) is 23.4. The van der Waals surface area contributed by atoms with Crippen molar-refractivity contribution < 1.29 is 5.11 Å². The summed E-state index contributed by atoms with van der Waals surface area (Å²) in [4.78, 5) is 22.1. The molecule has 4 heterocycles. The normalized spacial score (nSPS) is 26.4. The smallest absolute Gasteiger partial charge is 0.350 e. The summed E-state index contributed by atoms with van der Waals surface area (Å²) in [6.07, 6.45) is 5.97. The number of hydrogen-bond donors (Lipinski definition) is 2. The van der Waals surface area contributed by atoms with Crippen LogP contribution in [0.4, 0.5) is 5.82 Å². The molecule has 2 saturated heterocycles. The van der Waals surface area contributed by atoms with Gasteiger partial charge in [0.1, 0.15) is 12.1 Å². The third-order valence-electron chi connectivity index (χ3n) is 7.15. The zero-order valence-corrected chi connectivity index (χ0v) is 19.4. The maximum absolute atomic E-state index is 11.8. The van der Waals surface area contributed by atoms with Gasteiger partial charge in [-0.05, 0) is 63.8 Å². The van der Waals surface area contributed by atoms with E-state index in [1.807, 2.05) is 12.1 Å². The minimum absolute atomic E-state index is 0.0305. The molecule has 2 aliphatic heterocycles. The summed E-state index contributed by atoms with van der Waals surface area (Å²) < 4.78 is 1.29. The number of piperidine rings is 1. The molecule has 9 nitrogen and oxygen atoms in total. The molecular formula is C24H29N7O2. The quantitative estimate of drug-likeness (QED) is 0.628. The zero-order valence-electron chi connectivity index (χ0n) is 19.4. The lowest BCUT2D eigenvalue weighted by molar-refractivity contribution is 0.207. The summed E-state index contributed by atoms with van der Waals surface area (Å²) in [6, 6.07) is 9.27. The number of phenolic OH excluding ortho intramolecular Hbond substituents is 1. The van der Waals surface area contributed by atoms with E-state index in [4.69, 9.17) is 0 Å². The summed E-state index contributed by atoms with van der Waals surface area (Å²) in [5.41, 5.74) is 1.65. The average Bonchev–Trinajstić information content (AvgIpc) is 3.01. The van der Waals surface area contributed by atoms with E-state index in [1.165, 1.54) is 29.8 Å². The van der Waals surface area contributed by atoms with Crippen molar-refractivity contribution >= 4 is 5.82 Å². The van der Waals surface area contributed by atoms with Crippen LogP contribution in [-0.4, -0.2) is 54.0 Å². The van der Waals surface area contributed by atoms with Gasteiger partial charge in [0.15, 0.2) is 11.6 Å². The average molecular weight is 448 g/mol. The first-order valence-corrected chi connectivity index (χ1v) is 11.2. The van der Waals surface area contributed by atoms with Crippen molar-refractivity contribution in [3.63, 3.8) is 0 Å². The SMILES string of the molecule is CN(c1ccc(-c2ccc(-c3ncn(C)c(=O)n3)cc2O)nn1)[C@H]1CC2(C)CC[C@](C)(C1)N2. The van der Waals surface area contributed by atoms with Gasteiger partial charge in [-0.25, -0.2) is 9.78 Å². The number of fused-ring (bicyclic) bond motifs is 2. The van der Waals surface area contributed by atoms with Gasteiger partial charge in [0, 0.05) is 42.3 Å². The third kappa shape index (κ3) is 3.97. The topological polar surface area (TPSA) is 109 Å². The van der Waals surface area contributed by atoms with E-state index in [0.29, 0.717) is 22.9 Å². The number of rotatable bonds is 4. The highest BCUT2D eigenvalue weighted by Crippen LogP contribution is 2.43. The molecule has 1 unspecified atom stereocenters. The van der Waals surface area contributed by atoms with Crippen molar-refractivity contribution in [2.45, 2.75) is 56.7 Å². The second-order valence-corrected chi connectivity index (χ2v) is 10.0. The number of benzene rings is 1. The van der Waals surface area contributed by atoms with Crippen LogP contribution in [0.25, 0.3) is 22.6 Å². The van der Waals surface area contributed by atoms with E-state index in [2.05, 4.69) is 51.3 Å². The summed E-state index contributed by atoms with van der Waals surface area (Å²) in [5.74, 6) is 1.12. The minimum atomic E-state index is -0.404. The number of aryl methyl sites for hydroxylation is 1. The number of nitrogens with zero attached hydrogens (tertiary/aromatic N) is 6. The molecule has 3 aromatic rings. The van der Waals surface area contributed by atoms with Crippen molar-refractivity contribution in [3.8, 4) is 28.4 Å². The monoisotopic (exact) mass is 447 g/mol. The van der Waals surface area contributed by atoms with Gasteiger partial charge in [-0.2, -0.15) is 4.98 Å². The van der Waals surface area contributed by atoms with E-state index < -0.39 is 5.69 Å². The lowest BCUT2D eigenvalue weighted by atomic mass is 9.84. The van der Waals surface area contributed by atoms with Gasteiger partial charge in [0.05, 0.1) is 5.69 Å². The Kier molecular flexibility index (Phi) is 4.97. The number of aromatic nitrogens is 5. The van der Waals surface area contributed by atoms with Gasteiger partial charge in [0.25, 0.3) is 0 Å². The first-order valence-electron chi connectivity index (χ1n) is 11.2. The van der Waals surface area contributed by atoms with Crippen LogP contribution in [0.2, 0.25) is 0 Å². The molecule has 5 rings (SSSR count). The summed E-state index contributed by atoms with van der Waals surface area (Å²) in [7, 11) is 3.67. The molecule has 2 aromatic heterocycles. The standard InChI is InChI=1S/C24H29N7O2/c1-23-9-10-24(2,29-23)13-16(12-23)31(4)20-8-7-18(27-28-20)17-6-5-15(11-19(17)32)21-25-14-30(3)22(33)26-21/h5-8,11,14,16,29,32H,9-10,12-13H2,1-4H3/t16-,23-,24?/m1/s1. The lowest BCUT2D eigenvalue weighted by Gasteiger charge is -2.45. The Morgan fingerprint density at radius 1 is 1.12 bits per heavy atom. The van der Waals surface area contributed by atoms with Crippen molar-refractivity contribution in [1.29, 1.82) is 0 Å². The van der Waals surface area contributed by atoms with Gasteiger partial charge >= 0.3 is 5.69 Å². The summed E-state index contributed by atoms with van der Waals surface area (Å²) in [6.45, 7) is 4.63. The number of nitrogens with one attached hydrogen (secondary N) is 1. The van der Waals surface area contributed by atoms with Crippen molar-refractivity contribution in [2.24, 2.45) is 7.05 Å². The summed E-state index contributed by atoms with van der Waals surface area (Å²) >= 11 is 0. The Morgan fingerprint density at radius 2 is 1.85 bits per heavy atom. The molecule has 2 aliphatic rings. The Balaban J connectivity index is 1.36. The van der Waals surface area contributed by atoms with Crippen molar-refractivity contribution in [3.05, 3.63) is 47.1 Å². The maximum Gasteiger partial charge on any atom is 0.350 e. The molecule has 3 atom stereocenters. The Labute approximate surface area is 192 Å². The van der Waals surface area contributed by atoms with Crippen LogP contribution in [-0.2, 0) is 7.05 Å². The van der Waals surface area contributed by atoms with E-state index in [9.17, 15) is 9.90 Å². The van der Waals surface area contributed by atoms with E-state index >= 15 is 0 Å². The van der Waals surface area contributed by atoms with Crippen molar-refractivity contribution in [2.75, 3.05) is 11.9 Å². The molecule has 33 heavy (non-hydrogen) atoms. The van der Waals surface area contributed by atoms with Gasteiger partial charge in [0.2, 0.25) is 0 Å². The van der Waals surface area contributed by atoms with Crippen LogP contribution < -0.4 is 15.9 Å². The second-order valence-electron chi connectivity index (χ2n) is 10.0. The van der Waals surface area contributed by atoms with Crippen LogP contribution in [0.1, 0.15) is 39.5 Å². The molecule has 9 heteroatoms. The molecule has 0 aliphatic carbocycles. The fraction of sp³-hybridized carbons (Fsp3) is 0.458. The summed E-state index contributed by atoms with van der Waals surface area (Å²) in [5, 5.41) is 23.3. The Bertz CT molecular complexity index is 1240. The van der Waals surface area contributed by atoms with Crippen LogP contribution in [0.15, 0.2) is 41.5 Å². The van der Waals surface area contributed by atoms with E-state index in [0.717, 1.165) is 18.7 Å². The molecule has 2 bridgehead atoms. The van der Waals surface area contributed by atoms with Gasteiger partial charge in [-0.3, -0.25) is 4.57 Å². The highest BCUT2D eigenvalue weighted by Gasteiger charge is 2.49. The van der Waals surface area contributed by atoms with Gasteiger partial charge in [-0.1, -0.05) is 6.07 Å². The van der Waals surface area contributed by atoms with E-state index in [1.54, 1.807) is 19.2 Å². The van der Waals surface area contributed by atoms with Gasteiger partial charge in [-0.15, -0.1) is 10.2 Å². The highest BCUT2D eigenvalue weighted by atomic mass is 16.3. The molecule has 2 fully saturated rings. The molecule has 2 N–H and O–H groups in total. The Hall–Kier alpha value is -3.33. The number of hydrogen-bond acceptors (Lipinski definition) is 8. The molecule has 1 aromatic carbocycles. The largest absolute Gasteiger partial charge is 0.507 e. The fourth-order valence-electron chi connectivity index (χ4n) is 5.36. The van der Waals surface area contributed by atoms with Crippen LogP contribution >= 0.6 is 0 Å². The van der Waals surface area contributed by atoms with Crippen molar-refractivity contribution in [1.82, 2.24) is 30.0 Å². The second kappa shape index (κ2) is 7.62. The minimum Gasteiger partial charge on any atom is -0.507 e. The molecule has 0 spiro atoms. The number of phenols is 1. The number of aromatic hydroxyl groups is 1. The molecule has 172 valence electrons. The fourth-order valence-corrected chi connectivity index (χ4v) is 5.36. The van der Waals surface area contributed by atoms with Crippen LogP contribution in [0.3, 0.4) is 0 Å². The first kappa shape index (κ1) is 21.5. The first-order chi connectivity index (χ1) is 15.6. The third-order valence-corrected chi connectivity index (χ3v) is 7.15. The predicted octanol–water partition coefficient (Wildman–Crippen LogP) is 2.50. The molecule has 0 radical (unpaired) electrons. The van der Waals surface area contributed by atoms with Crippen LogP contribution in [0, 0.1) is 0 Å². The predicted molar refractivity (Wildman–Crippen MR) is 126 cm³/mol. The van der Waals surface area contributed by atoms with Gasteiger partial charge < -0.3 is 15.3 Å². The Morgan fingerprint density at radius 3 is 2.45 bits per heavy atom. The van der Waals surface area contributed by atoms with Crippen LogP contribution in [0.5, 0.6) is 5.75 Å². The maximum atomic E-state index is 11.8. The molecule has 0 saturated carbocycles. The molecular weight excluding hydrogens is 418 g/mol. The lowest BCUT2D eigenvalue weighted by Crippen LogP contribution is -2.58. The highest BCUT2D eigenvalue weighted by molar-refractivity contribution is 5.72.